The highest BCUT2D eigenvalue weighted by molar-refractivity contribution is 5.94. The van der Waals surface area contributed by atoms with Gasteiger partial charge in [0.1, 0.15) is 0 Å². The van der Waals surface area contributed by atoms with Gasteiger partial charge in [0.15, 0.2) is 0 Å². The Hall–Kier alpha value is -2.51. The number of amides is 1. The molecular formula is C22H29N5O2. The molecular weight excluding hydrogens is 366 g/mol. The minimum Gasteiger partial charge on any atom is -0.378 e. The van der Waals surface area contributed by atoms with E-state index in [2.05, 4.69) is 20.1 Å². The average molecular weight is 396 g/mol. The van der Waals surface area contributed by atoms with E-state index < -0.39 is 0 Å². The van der Waals surface area contributed by atoms with E-state index in [1.165, 1.54) is 19.3 Å². The van der Waals surface area contributed by atoms with Crippen LogP contribution in [0.1, 0.15) is 29.6 Å². The zero-order chi connectivity index (χ0) is 19.9. The van der Waals surface area contributed by atoms with Gasteiger partial charge in [-0.25, -0.2) is 9.97 Å². The van der Waals surface area contributed by atoms with Gasteiger partial charge in [0.05, 0.1) is 18.9 Å². The molecule has 0 atom stereocenters. The quantitative estimate of drug-likeness (QED) is 0.809. The van der Waals surface area contributed by atoms with Crippen LogP contribution < -0.4 is 10.2 Å². The summed E-state index contributed by atoms with van der Waals surface area (Å²) in [4.78, 5) is 26.1. The molecule has 2 fully saturated rings. The fourth-order valence-corrected chi connectivity index (χ4v) is 3.83. The average Bonchev–Trinajstić information content (AvgIpc) is 2.80. The van der Waals surface area contributed by atoms with Crippen LogP contribution in [-0.2, 0) is 4.74 Å². The first-order valence-corrected chi connectivity index (χ1v) is 10.6. The van der Waals surface area contributed by atoms with Gasteiger partial charge in [-0.3, -0.25) is 4.79 Å². The van der Waals surface area contributed by atoms with Crippen molar-refractivity contribution in [3.8, 4) is 11.3 Å². The summed E-state index contributed by atoms with van der Waals surface area (Å²) in [5.74, 6) is 0.704. The number of morpholine rings is 1. The van der Waals surface area contributed by atoms with E-state index in [9.17, 15) is 4.79 Å². The molecule has 2 aliphatic heterocycles. The van der Waals surface area contributed by atoms with E-state index in [-0.39, 0.29) is 5.91 Å². The van der Waals surface area contributed by atoms with Crippen molar-refractivity contribution in [1.82, 2.24) is 20.2 Å². The van der Waals surface area contributed by atoms with Crippen molar-refractivity contribution in [2.24, 2.45) is 0 Å². The number of anilines is 1. The number of nitrogens with zero attached hydrogens (tertiary/aromatic N) is 4. The highest BCUT2D eigenvalue weighted by Crippen LogP contribution is 2.20. The molecule has 0 spiro atoms. The van der Waals surface area contributed by atoms with Crippen LogP contribution in [0.3, 0.4) is 0 Å². The number of carbonyl (C=O) groups is 1. The van der Waals surface area contributed by atoms with Crippen molar-refractivity contribution in [2.45, 2.75) is 19.3 Å². The van der Waals surface area contributed by atoms with Crippen molar-refractivity contribution < 1.29 is 9.53 Å². The Morgan fingerprint density at radius 1 is 1.00 bits per heavy atom. The first-order chi connectivity index (χ1) is 14.3. The van der Waals surface area contributed by atoms with E-state index in [4.69, 9.17) is 9.72 Å². The van der Waals surface area contributed by atoms with Gasteiger partial charge in [0.25, 0.3) is 5.91 Å². The third-order valence-electron chi connectivity index (χ3n) is 5.54. The highest BCUT2D eigenvalue weighted by Gasteiger charge is 2.15. The molecule has 0 unspecified atom stereocenters. The molecule has 2 saturated heterocycles. The molecule has 3 heterocycles. The molecule has 154 valence electrons. The Morgan fingerprint density at radius 3 is 2.52 bits per heavy atom. The lowest BCUT2D eigenvalue weighted by Gasteiger charge is -2.26. The summed E-state index contributed by atoms with van der Waals surface area (Å²) >= 11 is 0. The normalized spacial score (nSPS) is 17.9. The minimum atomic E-state index is -0.0229. The number of ether oxygens (including phenoxy) is 1. The first-order valence-electron chi connectivity index (χ1n) is 10.6. The van der Waals surface area contributed by atoms with Gasteiger partial charge in [-0.15, -0.1) is 0 Å². The number of likely N-dealkylation sites (tertiary alicyclic amines) is 1. The van der Waals surface area contributed by atoms with Crippen molar-refractivity contribution in [3.05, 3.63) is 42.1 Å². The molecule has 29 heavy (non-hydrogen) atoms. The van der Waals surface area contributed by atoms with Crippen LogP contribution in [0.5, 0.6) is 0 Å². The van der Waals surface area contributed by atoms with E-state index in [0.717, 1.165) is 49.9 Å². The van der Waals surface area contributed by atoms with Gasteiger partial charge in [-0.2, -0.15) is 0 Å². The largest absolute Gasteiger partial charge is 0.378 e. The van der Waals surface area contributed by atoms with Gasteiger partial charge in [-0.1, -0.05) is 18.6 Å². The summed E-state index contributed by atoms with van der Waals surface area (Å²) < 4.78 is 5.40. The van der Waals surface area contributed by atoms with Gasteiger partial charge in [0.2, 0.25) is 5.95 Å². The molecule has 0 bridgehead atoms. The molecule has 1 amide bonds. The lowest BCUT2D eigenvalue weighted by Crippen LogP contribution is -2.37. The fourth-order valence-electron chi connectivity index (χ4n) is 3.83. The SMILES string of the molecule is O=C(NCCN1CCCCC1)c1ccc(-c2ccnc(N3CCOCC3)n2)cc1. The summed E-state index contributed by atoms with van der Waals surface area (Å²) in [6.07, 6.45) is 5.65. The lowest BCUT2D eigenvalue weighted by atomic mass is 10.1. The molecule has 2 aromatic rings. The molecule has 7 heteroatoms. The second-order valence-corrected chi connectivity index (χ2v) is 7.58. The maximum atomic E-state index is 12.4. The topological polar surface area (TPSA) is 70.6 Å². The number of rotatable bonds is 6. The first kappa shape index (κ1) is 19.8. The van der Waals surface area contributed by atoms with Gasteiger partial charge in [0, 0.05) is 43.5 Å². The molecule has 4 rings (SSSR count). The monoisotopic (exact) mass is 395 g/mol. The number of benzene rings is 1. The van der Waals surface area contributed by atoms with Gasteiger partial charge < -0.3 is 19.9 Å². The number of aromatic nitrogens is 2. The Labute approximate surface area is 172 Å². The number of piperidine rings is 1. The van der Waals surface area contributed by atoms with E-state index in [0.29, 0.717) is 25.3 Å². The van der Waals surface area contributed by atoms with Crippen LogP contribution >= 0.6 is 0 Å². The summed E-state index contributed by atoms with van der Waals surface area (Å²) in [5, 5.41) is 3.03. The fraction of sp³-hybridized carbons (Fsp3) is 0.500. The van der Waals surface area contributed by atoms with Crippen LogP contribution in [0.2, 0.25) is 0 Å². The number of hydrogen-bond acceptors (Lipinski definition) is 6. The second kappa shape index (κ2) is 9.80. The molecule has 0 aliphatic carbocycles. The number of nitrogens with one attached hydrogen (secondary N) is 1. The van der Waals surface area contributed by atoms with Crippen LogP contribution in [0, 0.1) is 0 Å². The van der Waals surface area contributed by atoms with Crippen molar-refractivity contribution >= 4 is 11.9 Å². The van der Waals surface area contributed by atoms with E-state index in [1.807, 2.05) is 30.3 Å². The van der Waals surface area contributed by atoms with Crippen molar-refractivity contribution in [1.29, 1.82) is 0 Å². The molecule has 1 N–H and O–H groups in total. The van der Waals surface area contributed by atoms with Gasteiger partial charge >= 0.3 is 0 Å². The van der Waals surface area contributed by atoms with Crippen LogP contribution in [-0.4, -0.2) is 73.3 Å². The molecule has 0 saturated carbocycles. The molecule has 2 aliphatic rings. The standard InChI is InChI=1S/C22H29N5O2/c28-21(23-10-13-26-11-2-1-3-12-26)19-6-4-18(5-7-19)20-8-9-24-22(25-20)27-14-16-29-17-15-27/h4-9H,1-3,10-17H2,(H,23,28). The van der Waals surface area contributed by atoms with Crippen LogP contribution in [0.15, 0.2) is 36.5 Å². The van der Waals surface area contributed by atoms with Crippen molar-refractivity contribution in [2.75, 3.05) is 57.4 Å². The number of hydrogen-bond donors (Lipinski definition) is 1. The Kier molecular flexibility index (Phi) is 6.69. The smallest absolute Gasteiger partial charge is 0.251 e. The third kappa shape index (κ3) is 5.31. The molecule has 7 nitrogen and oxygen atoms in total. The summed E-state index contributed by atoms with van der Waals surface area (Å²) in [6.45, 7) is 6.93. The molecule has 1 aromatic carbocycles. The zero-order valence-corrected chi connectivity index (χ0v) is 16.8. The Morgan fingerprint density at radius 2 is 1.76 bits per heavy atom. The number of carbonyl (C=O) groups excluding carboxylic acids is 1. The predicted molar refractivity (Wildman–Crippen MR) is 113 cm³/mol. The van der Waals surface area contributed by atoms with E-state index >= 15 is 0 Å². The molecule has 0 radical (unpaired) electrons. The maximum Gasteiger partial charge on any atom is 0.251 e. The third-order valence-corrected chi connectivity index (χ3v) is 5.54. The Bertz CT molecular complexity index is 799. The molecule has 1 aromatic heterocycles. The predicted octanol–water partition coefficient (Wildman–Crippen LogP) is 2.20. The maximum absolute atomic E-state index is 12.4. The van der Waals surface area contributed by atoms with Crippen LogP contribution in [0.4, 0.5) is 5.95 Å². The van der Waals surface area contributed by atoms with E-state index in [1.54, 1.807) is 6.20 Å². The van der Waals surface area contributed by atoms with Crippen LogP contribution in [0.25, 0.3) is 11.3 Å². The summed E-state index contributed by atoms with van der Waals surface area (Å²) in [6, 6.07) is 9.53. The highest BCUT2D eigenvalue weighted by atomic mass is 16.5. The summed E-state index contributed by atoms with van der Waals surface area (Å²) in [7, 11) is 0. The lowest BCUT2D eigenvalue weighted by molar-refractivity contribution is 0.0946. The second-order valence-electron chi connectivity index (χ2n) is 7.58. The van der Waals surface area contributed by atoms with Gasteiger partial charge in [-0.05, 0) is 44.1 Å². The zero-order valence-electron chi connectivity index (χ0n) is 16.8. The van der Waals surface area contributed by atoms with Crippen molar-refractivity contribution in [3.63, 3.8) is 0 Å². The minimum absolute atomic E-state index is 0.0229. The Balaban J connectivity index is 1.34. The summed E-state index contributed by atoms with van der Waals surface area (Å²) in [5.41, 5.74) is 2.51.